The monoisotopic (exact) mass is 327 g/mol. The van der Waals surface area contributed by atoms with E-state index in [0.29, 0.717) is 0 Å². The Balaban J connectivity index is 2.86. The summed E-state index contributed by atoms with van der Waals surface area (Å²) in [7, 11) is 0. The van der Waals surface area contributed by atoms with E-state index in [-0.39, 0.29) is 10.8 Å². The third-order valence-corrected chi connectivity index (χ3v) is 3.52. The molecule has 1 aromatic carbocycles. The maximum Gasteiger partial charge on any atom is 0.189 e. The van der Waals surface area contributed by atoms with Crippen LogP contribution in [0, 0.1) is 3.57 Å². The van der Waals surface area contributed by atoms with Crippen LogP contribution in [0.2, 0.25) is 0 Å². The van der Waals surface area contributed by atoms with Crippen LogP contribution in [-0.4, -0.2) is 4.98 Å². The fourth-order valence-corrected chi connectivity index (χ4v) is 2.27. The fraction of sp³-hybridized carbons (Fsp3) is 0.308. The molecule has 0 radical (unpaired) electrons. The van der Waals surface area contributed by atoms with E-state index in [1.165, 1.54) is 0 Å². The summed E-state index contributed by atoms with van der Waals surface area (Å²) in [6.45, 7) is 6.29. The molecule has 0 spiro atoms. The first-order valence-corrected chi connectivity index (χ1v) is 6.29. The summed E-state index contributed by atoms with van der Waals surface area (Å²) in [5, 5.41) is 0.764. The Hall–Kier alpha value is -0.840. The Morgan fingerprint density at radius 2 is 1.94 bits per heavy atom. The summed E-state index contributed by atoms with van der Waals surface area (Å²) < 4.78 is 1.08. The van der Waals surface area contributed by atoms with Gasteiger partial charge in [-0.1, -0.05) is 26.8 Å². The van der Waals surface area contributed by atoms with Crippen LogP contribution in [0.1, 0.15) is 26.5 Å². The molecular weight excluding hydrogens is 313 g/mol. The first-order chi connectivity index (χ1) is 7.39. The van der Waals surface area contributed by atoms with Gasteiger partial charge < -0.3 is 4.98 Å². The van der Waals surface area contributed by atoms with Crippen LogP contribution in [-0.2, 0) is 5.41 Å². The van der Waals surface area contributed by atoms with E-state index in [2.05, 4.69) is 48.3 Å². The second kappa shape index (κ2) is 3.87. The zero-order chi connectivity index (χ0) is 11.9. The molecule has 2 aromatic rings. The van der Waals surface area contributed by atoms with Crippen molar-refractivity contribution in [2.45, 2.75) is 26.2 Å². The van der Waals surface area contributed by atoms with E-state index < -0.39 is 0 Å². The Morgan fingerprint density at radius 3 is 2.56 bits per heavy atom. The Labute approximate surface area is 108 Å². The van der Waals surface area contributed by atoms with Gasteiger partial charge in [0.1, 0.15) is 0 Å². The van der Waals surface area contributed by atoms with E-state index in [9.17, 15) is 4.79 Å². The maximum absolute atomic E-state index is 12.0. The van der Waals surface area contributed by atoms with E-state index >= 15 is 0 Å². The highest BCUT2D eigenvalue weighted by atomic mass is 127. The lowest BCUT2D eigenvalue weighted by molar-refractivity contribution is 0.571. The summed E-state index contributed by atoms with van der Waals surface area (Å²) in [5.74, 6) is 0. The van der Waals surface area contributed by atoms with Crippen molar-refractivity contribution in [1.29, 1.82) is 0 Å². The molecule has 0 fully saturated rings. The molecule has 0 unspecified atom stereocenters. The average molecular weight is 327 g/mol. The zero-order valence-corrected chi connectivity index (χ0v) is 11.8. The summed E-state index contributed by atoms with van der Waals surface area (Å²) in [6.07, 6.45) is 0. The van der Waals surface area contributed by atoms with Gasteiger partial charge in [-0.15, -0.1) is 0 Å². The second-order valence-electron chi connectivity index (χ2n) is 4.96. The van der Waals surface area contributed by atoms with Crippen molar-refractivity contribution in [2.75, 3.05) is 0 Å². The Morgan fingerprint density at radius 1 is 1.25 bits per heavy atom. The van der Waals surface area contributed by atoms with Crippen LogP contribution in [0.3, 0.4) is 0 Å². The van der Waals surface area contributed by atoms with Crippen LogP contribution in [0.25, 0.3) is 10.9 Å². The minimum Gasteiger partial charge on any atom is -0.357 e. The van der Waals surface area contributed by atoms with Gasteiger partial charge in [0.25, 0.3) is 0 Å². The normalized spacial score (nSPS) is 12.0. The van der Waals surface area contributed by atoms with E-state index in [0.717, 1.165) is 20.2 Å². The Kier molecular flexibility index (Phi) is 2.82. The number of rotatable bonds is 0. The molecule has 0 aliphatic carbocycles. The third kappa shape index (κ3) is 2.00. The molecule has 2 rings (SSSR count). The number of nitrogens with one attached hydrogen (secondary N) is 1. The maximum atomic E-state index is 12.0. The summed E-state index contributed by atoms with van der Waals surface area (Å²) >= 11 is 2.25. The standard InChI is InChI=1S/C13H14INO/c1-13(2,3)11-7-10(16)8-5-4-6-9(14)12(8)15-11/h4-7H,1-3H3,(H,15,16). The van der Waals surface area contributed by atoms with Crippen LogP contribution < -0.4 is 5.43 Å². The van der Waals surface area contributed by atoms with Gasteiger partial charge in [-0.05, 0) is 34.7 Å². The number of pyridine rings is 1. The lowest BCUT2D eigenvalue weighted by Gasteiger charge is -2.19. The number of aromatic amines is 1. The highest BCUT2D eigenvalue weighted by Gasteiger charge is 2.16. The molecule has 0 bridgehead atoms. The average Bonchev–Trinajstić information content (AvgIpc) is 2.18. The third-order valence-electron chi connectivity index (χ3n) is 2.62. The minimum atomic E-state index is -0.0354. The number of H-pyrrole nitrogens is 1. The first-order valence-electron chi connectivity index (χ1n) is 5.21. The molecule has 84 valence electrons. The lowest BCUT2D eigenvalue weighted by atomic mass is 9.91. The number of para-hydroxylation sites is 1. The number of halogens is 1. The van der Waals surface area contributed by atoms with Crippen molar-refractivity contribution in [3.8, 4) is 0 Å². The quantitative estimate of drug-likeness (QED) is 0.739. The van der Waals surface area contributed by atoms with Crippen molar-refractivity contribution in [2.24, 2.45) is 0 Å². The number of hydrogen-bond acceptors (Lipinski definition) is 1. The minimum absolute atomic E-state index is 0.0354. The van der Waals surface area contributed by atoms with Crippen LogP contribution in [0.5, 0.6) is 0 Å². The Bertz CT molecular complexity index is 593. The molecule has 2 nitrogen and oxygen atoms in total. The number of hydrogen-bond donors (Lipinski definition) is 1. The van der Waals surface area contributed by atoms with Crippen LogP contribution in [0.15, 0.2) is 29.1 Å². The molecule has 0 atom stereocenters. The zero-order valence-electron chi connectivity index (χ0n) is 9.60. The molecule has 0 saturated carbocycles. The van der Waals surface area contributed by atoms with Gasteiger partial charge in [-0.2, -0.15) is 0 Å². The van der Waals surface area contributed by atoms with E-state index in [1.807, 2.05) is 18.2 Å². The fourth-order valence-electron chi connectivity index (χ4n) is 1.64. The van der Waals surface area contributed by atoms with Crippen LogP contribution in [0.4, 0.5) is 0 Å². The van der Waals surface area contributed by atoms with Crippen molar-refractivity contribution >= 4 is 33.5 Å². The molecular formula is C13H14INO. The van der Waals surface area contributed by atoms with Gasteiger partial charge in [-0.3, -0.25) is 4.79 Å². The van der Waals surface area contributed by atoms with Gasteiger partial charge in [-0.25, -0.2) is 0 Å². The highest BCUT2D eigenvalue weighted by Crippen LogP contribution is 2.22. The molecule has 1 heterocycles. The smallest absolute Gasteiger partial charge is 0.189 e. The van der Waals surface area contributed by atoms with E-state index in [1.54, 1.807) is 6.07 Å². The van der Waals surface area contributed by atoms with E-state index in [4.69, 9.17) is 0 Å². The number of fused-ring (bicyclic) bond motifs is 1. The lowest BCUT2D eigenvalue weighted by Crippen LogP contribution is -2.17. The molecule has 0 aliphatic rings. The van der Waals surface area contributed by atoms with Crippen molar-refractivity contribution in [3.05, 3.63) is 43.8 Å². The van der Waals surface area contributed by atoms with Gasteiger partial charge in [0.05, 0.1) is 5.52 Å². The molecule has 16 heavy (non-hydrogen) atoms. The van der Waals surface area contributed by atoms with Gasteiger partial charge >= 0.3 is 0 Å². The largest absolute Gasteiger partial charge is 0.357 e. The van der Waals surface area contributed by atoms with Crippen molar-refractivity contribution < 1.29 is 0 Å². The molecule has 1 N–H and O–H groups in total. The highest BCUT2D eigenvalue weighted by molar-refractivity contribution is 14.1. The SMILES string of the molecule is CC(C)(C)c1cc(=O)c2cccc(I)c2[nH]1. The van der Waals surface area contributed by atoms with Gasteiger partial charge in [0.2, 0.25) is 0 Å². The van der Waals surface area contributed by atoms with Crippen molar-refractivity contribution in [3.63, 3.8) is 0 Å². The van der Waals surface area contributed by atoms with Gasteiger partial charge in [0.15, 0.2) is 5.43 Å². The van der Waals surface area contributed by atoms with Gasteiger partial charge in [0, 0.05) is 26.1 Å². The predicted molar refractivity (Wildman–Crippen MR) is 76.0 cm³/mol. The van der Waals surface area contributed by atoms with Crippen molar-refractivity contribution in [1.82, 2.24) is 4.98 Å². The molecule has 3 heteroatoms. The molecule has 0 aliphatic heterocycles. The molecule has 1 aromatic heterocycles. The summed E-state index contributed by atoms with van der Waals surface area (Å²) in [5.41, 5.74) is 1.98. The van der Waals surface area contributed by atoms with Crippen LogP contribution >= 0.6 is 22.6 Å². The molecule has 0 saturated heterocycles. The second-order valence-corrected chi connectivity index (χ2v) is 6.12. The predicted octanol–water partition coefficient (Wildman–Crippen LogP) is 3.43. The molecule has 0 amide bonds. The summed E-state index contributed by atoms with van der Waals surface area (Å²) in [6, 6.07) is 7.49. The number of aromatic nitrogens is 1. The number of benzene rings is 1. The topological polar surface area (TPSA) is 32.9 Å². The summed E-state index contributed by atoms with van der Waals surface area (Å²) in [4.78, 5) is 15.3. The first kappa shape index (κ1) is 11.6.